The number of benzene rings is 3. The summed E-state index contributed by atoms with van der Waals surface area (Å²) >= 11 is 3.44. The number of carbonyl (C=O) groups is 3. The van der Waals surface area contributed by atoms with Crippen molar-refractivity contribution < 1.29 is 28.2 Å². The predicted molar refractivity (Wildman–Crippen MR) is 139 cm³/mol. The molecule has 37 heavy (non-hydrogen) atoms. The second-order valence-electron chi connectivity index (χ2n) is 7.97. The van der Waals surface area contributed by atoms with Gasteiger partial charge in [0.1, 0.15) is 11.5 Å². The van der Waals surface area contributed by atoms with Crippen LogP contribution in [0.25, 0.3) is 6.08 Å². The van der Waals surface area contributed by atoms with E-state index >= 15 is 0 Å². The number of carbonyl (C=O) groups excluding carboxylic acids is 3. The lowest BCUT2D eigenvalue weighted by atomic mass is 10.1. The molecular weight excluding hydrogens is 545 g/mol. The molecule has 0 spiro atoms. The molecule has 190 valence electrons. The van der Waals surface area contributed by atoms with Crippen molar-refractivity contribution in [1.82, 2.24) is 10.2 Å². The van der Waals surface area contributed by atoms with Crippen LogP contribution >= 0.6 is 15.9 Å². The highest BCUT2D eigenvalue weighted by molar-refractivity contribution is 9.10. The summed E-state index contributed by atoms with van der Waals surface area (Å²) in [7, 11) is 0. The lowest BCUT2D eigenvalue weighted by molar-refractivity contribution is -0.123. The number of anilines is 1. The molecule has 0 saturated carbocycles. The Morgan fingerprint density at radius 2 is 1.81 bits per heavy atom. The fourth-order valence-electron chi connectivity index (χ4n) is 3.59. The van der Waals surface area contributed by atoms with E-state index < -0.39 is 23.7 Å². The molecule has 0 unspecified atom stereocenters. The number of nitrogens with zero attached hydrogens (tertiary/aromatic N) is 1. The van der Waals surface area contributed by atoms with Gasteiger partial charge in [0.05, 0.1) is 17.6 Å². The van der Waals surface area contributed by atoms with Gasteiger partial charge in [0, 0.05) is 5.69 Å². The van der Waals surface area contributed by atoms with E-state index in [0.29, 0.717) is 33.8 Å². The number of rotatable bonds is 9. The van der Waals surface area contributed by atoms with Crippen LogP contribution in [0.5, 0.6) is 11.5 Å². The SMILES string of the molecule is CCOc1cc(/C=C2/NC(=O)N(Cc3ccccc3)C2=O)cc(Br)c1OCC(=O)Nc1ccc(F)cc1. The minimum absolute atomic E-state index is 0.127. The van der Waals surface area contributed by atoms with E-state index in [0.717, 1.165) is 10.5 Å². The van der Waals surface area contributed by atoms with Crippen LogP contribution in [-0.2, 0) is 16.1 Å². The molecule has 1 heterocycles. The highest BCUT2D eigenvalue weighted by Gasteiger charge is 2.33. The van der Waals surface area contributed by atoms with Crippen LogP contribution in [0.3, 0.4) is 0 Å². The third-order valence-electron chi connectivity index (χ3n) is 5.26. The second kappa shape index (κ2) is 11.7. The number of ether oxygens (including phenoxy) is 2. The summed E-state index contributed by atoms with van der Waals surface area (Å²) in [6, 6.07) is 17.4. The number of amides is 4. The van der Waals surface area contributed by atoms with E-state index in [4.69, 9.17) is 9.47 Å². The Labute approximate surface area is 221 Å². The van der Waals surface area contributed by atoms with Gasteiger partial charge < -0.3 is 20.1 Å². The Kier molecular flexibility index (Phi) is 8.19. The molecule has 0 aromatic heterocycles. The molecular formula is C27H23BrFN3O5. The number of halogens is 2. The van der Waals surface area contributed by atoms with Crippen molar-refractivity contribution in [2.45, 2.75) is 13.5 Å². The summed E-state index contributed by atoms with van der Waals surface area (Å²) in [6.07, 6.45) is 1.55. The third kappa shape index (κ3) is 6.53. The molecule has 1 saturated heterocycles. The van der Waals surface area contributed by atoms with Gasteiger partial charge in [-0.3, -0.25) is 14.5 Å². The van der Waals surface area contributed by atoms with E-state index in [1.54, 1.807) is 25.1 Å². The average molecular weight is 568 g/mol. The molecule has 3 aromatic rings. The zero-order valence-electron chi connectivity index (χ0n) is 19.8. The first-order chi connectivity index (χ1) is 17.8. The van der Waals surface area contributed by atoms with Crippen LogP contribution < -0.4 is 20.1 Å². The van der Waals surface area contributed by atoms with Crippen molar-refractivity contribution in [3.05, 3.63) is 93.8 Å². The van der Waals surface area contributed by atoms with Crippen molar-refractivity contribution >= 4 is 45.5 Å². The van der Waals surface area contributed by atoms with E-state index in [1.807, 2.05) is 30.3 Å². The van der Waals surface area contributed by atoms with Gasteiger partial charge in [-0.25, -0.2) is 9.18 Å². The zero-order valence-corrected chi connectivity index (χ0v) is 21.4. The van der Waals surface area contributed by atoms with Crippen LogP contribution in [0.4, 0.5) is 14.9 Å². The molecule has 2 N–H and O–H groups in total. The van der Waals surface area contributed by atoms with Gasteiger partial charge in [0.2, 0.25) is 0 Å². The van der Waals surface area contributed by atoms with Crippen LogP contribution in [0.1, 0.15) is 18.1 Å². The molecule has 8 nitrogen and oxygen atoms in total. The number of imide groups is 1. The quantitative estimate of drug-likeness (QED) is 0.277. The summed E-state index contributed by atoms with van der Waals surface area (Å²) < 4.78 is 24.9. The maximum atomic E-state index is 13.1. The predicted octanol–water partition coefficient (Wildman–Crippen LogP) is 5.10. The van der Waals surface area contributed by atoms with Crippen molar-refractivity contribution in [1.29, 1.82) is 0 Å². The summed E-state index contributed by atoms with van der Waals surface area (Å²) in [5.74, 6) is -0.648. The van der Waals surface area contributed by atoms with Gasteiger partial charge in [-0.05, 0) is 76.5 Å². The molecule has 0 aliphatic carbocycles. The van der Waals surface area contributed by atoms with Crippen LogP contribution in [0.2, 0.25) is 0 Å². The van der Waals surface area contributed by atoms with Crippen LogP contribution in [0.15, 0.2) is 76.9 Å². The molecule has 1 aliphatic rings. The van der Waals surface area contributed by atoms with Crippen molar-refractivity contribution in [2.24, 2.45) is 0 Å². The van der Waals surface area contributed by atoms with Gasteiger partial charge in [-0.15, -0.1) is 0 Å². The van der Waals surface area contributed by atoms with Gasteiger partial charge in [0.25, 0.3) is 11.8 Å². The molecule has 4 rings (SSSR count). The van der Waals surface area contributed by atoms with Gasteiger partial charge in [0.15, 0.2) is 18.1 Å². The topological polar surface area (TPSA) is 97.0 Å². The smallest absolute Gasteiger partial charge is 0.329 e. The Bertz CT molecular complexity index is 1350. The third-order valence-corrected chi connectivity index (χ3v) is 5.85. The second-order valence-corrected chi connectivity index (χ2v) is 8.83. The lowest BCUT2D eigenvalue weighted by Gasteiger charge is -2.15. The first kappa shape index (κ1) is 25.9. The highest BCUT2D eigenvalue weighted by Crippen LogP contribution is 2.37. The van der Waals surface area contributed by atoms with Gasteiger partial charge in [-0.1, -0.05) is 30.3 Å². The van der Waals surface area contributed by atoms with E-state index in [1.165, 1.54) is 24.3 Å². The summed E-state index contributed by atoms with van der Waals surface area (Å²) in [6.45, 7) is 1.96. The largest absolute Gasteiger partial charge is 0.490 e. The van der Waals surface area contributed by atoms with Crippen molar-refractivity contribution in [3.63, 3.8) is 0 Å². The maximum absolute atomic E-state index is 13.1. The first-order valence-electron chi connectivity index (χ1n) is 11.4. The lowest BCUT2D eigenvalue weighted by Crippen LogP contribution is -2.30. The molecule has 0 radical (unpaired) electrons. The number of urea groups is 1. The van der Waals surface area contributed by atoms with Gasteiger partial charge >= 0.3 is 6.03 Å². The molecule has 10 heteroatoms. The Morgan fingerprint density at radius 1 is 1.08 bits per heavy atom. The van der Waals surface area contributed by atoms with E-state index in [-0.39, 0.29) is 18.8 Å². The maximum Gasteiger partial charge on any atom is 0.329 e. The van der Waals surface area contributed by atoms with E-state index in [9.17, 15) is 18.8 Å². The van der Waals surface area contributed by atoms with Crippen LogP contribution in [0, 0.1) is 5.82 Å². The van der Waals surface area contributed by atoms with Crippen LogP contribution in [-0.4, -0.2) is 36.0 Å². The highest BCUT2D eigenvalue weighted by atomic mass is 79.9. The number of hydrogen-bond acceptors (Lipinski definition) is 5. The Balaban J connectivity index is 1.48. The zero-order chi connectivity index (χ0) is 26.4. The Morgan fingerprint density at radius 3 is 2.51 bits per heavy atom. The Hall–Kier alpha value is -4.18. The summed E-state index contributed by atoms with van der Waals surface area (Å²) in [4.78, 5) is 38.7. The molecule has 4 amide bonds. The average Bonchev–Trinajstić information content (AvgIpc) is 3.13. The van der Waals surface area contributed by atoms with E-state index in [2.05, 4.69) is 26.6 Å². The van der Waals surface area contributed by atoms with Gasteiger partial charge in [-0.2, -0.15) is 0 Å². The summed E-state index contributed by atoms with van der Waals surface area (Å²) in [5, 5.41) is 5.23. The fourth-order valence-corrected chi connectivity index (χ4v) is 4.16. The normalized spacial score (nSPS) is 14.0. The minimum Gasteiger partial charge on any atom is -0.490 e. The minimum atomic E-state index is -0.503. The van der Waals surface area contributed by atoms with Crippen molar-refractivity contribution in [3.8, 4) is 11.5 Å². The molecule has 0 atom stereocenters. The molecule has 0 bridgehead atoms. The molecule has 1 aliphatic heterocycles. The molecule has 3 aromatic carbocycles. The number of nitrogens with one attached hydrogen (secondary N) is 2. The monoisotopic (exact) mass is 567 g/mol. The summed E-state index contributed by atoms with van der Waals surface area (Å²) in [5.41, 5.74) is 1.97. The first-order valence-corrected chi connectivity index (χ1v) is 12.2. The standard InChI is InChI=1S/C27H23BrFN3O5/c1-2-36-23-14-18(13-22-26(34)32(27(35)31-22)15-17-6-4-3-5-7-17)12-21(28)25(23)37-16-24(33)30-20-10-8-19(29)9-11-20/h3-14H,2,15-16H2,1H3,(H,30,33)(H,31,35)/b22-13+. The molecule has 1 fully saturated rings. The van der Waals surface area contributed by atoms with Crippen molar-refractivity contribution in [2.75, 3.05) is 18.5 Å². The fraction of sp³-hybridized carbons (Fsp3) is 0.148. The number of hydrogen-bond donors (Lipinski definition) is 2.